The molecule has 0 spiro atoms. The Balaban J connectivity index is 1.73. The highest BCUT2D eigenvalue weighted by Crippen LogP contribution is 2.30. The van der Waals surface area contributed by atoms with Crippen LogP contribution in [0.25, 0.3) is 0 Å². The van der Waals surface area contributed by atoms with Crippen molar-refractivity contribution < 1.29 is 22.0 Å². The van der Waals surface area contributed by atoms with Crippen LogP contribution in [0, 0.1) is 11.6 Å². The molecule has 0 atom stereocenters. The van der Waals surface area contributed by atoms with Crippen LogP contribution >= 0.6 is 0 Å². The van der Waals surface area contributed by atoms with E-state index in [-0.39, 0.29) is 11.6 Å². The van der Waals surface area contributed by atoms with Crippen LogP contribution in [0.1, 0.15) is 5.56 Å². The van der Waals surface area contributed by atoms with Gasteiger partial charge in [-0.05, 0) is 42.5 Å². The van der Waals surface area contributed by atoms with Gasteiger partial charge in [-0.15, -0.1) is 0 Å². The number of hydrogen-bond donors (Lipinski definition) is 2. The lowest BCUT2D eigenvalue weighted by atomic mass is 10.2. The summed E-state index contributed by atoms with van der Waals surface area (Å²) in [5, 5.41) is 5.55. The Labute approximate surface area is 144 Å². The van der Waals surface area contributed by atoms with Crippen molar-refractivity contribution in [3.8, 4) is 0 Å². The van der Waals surface area contributed by atoms with E-state index in [0.29, 0.717) is 11.5 Å². The van der Waals surface area contributed by atoms with Crippen LogP contribution in [-0.2, 0) is 6.18 Å². The number of nitrogens with one attached hydrogen (secondary N) is 2. The first kappa shape index (κ1) is 17.6. The summed E-state index contributed by atoms with van der Waals surface area (Å²) in [5.74, 6) is -1.56. The van der Waals surface area contributed by atoms with Crippen LogP contribution < -0.4 is 10.6 Å². The Kier molecular flexibility index (Phi) is 4.70. The first-order valence-electron chi connectivity index (χ1n) is 7.31. The zero-order chi connectivity index (χ0) is 18.7. The molecule has 0 amide bonds. The minimum absolute atomic E-state index is 0.123. The zero-order valence-electron chi connectivity index (χ0n) is 13.0. The lowest BCUT2D eigenvalue weighted by Crippen LogP contribution is -2.05. The Hall–Kier alpha value is -3.23. The molecular formula is C17H11F5N4. The van der Waals surface area contributed by atoms with Gasteiger partial charge in [-0.2, -0.15) is 18.2 Å². The monoisotopic (exact) mass is 366 g/mol. The first-order chi connectivity index (χ1) is 12.3. The van der Waals surface area contributed by atoms with E-state index in [1.54, 1.807) is 0 Å². The van der Waals surface area contributed by atoms with Crippen molar-refractivity contribution in [2.24, 2.45) is 0 Å². The van der Waals surface area contributed by atoms with Gasteiger partial charge in [-0.25, -0.2) is 13.8 Å². The Bertz CT molecular complexity index is 910. The van der Waals surface area contributed by atoms with Gasteiger partial charge in [0.2, 0.25) is 5.95 Å². The van der Waals surface area contributed by atoms with E-state index >= 15 is 0 Å². The summed E-state index contributed by atoms with van der Waals surface area (Å²) in [5.41, 5.74) is -0.122. The summed E-state index contributed by atoms with van der Waals surface area (Å²) in [6, 6.07) is 9.16. The number of halogens is 5. The lowest BCUT2D eigenvalue weighted by Gasteiger charge is -2.10. The van der Waals surface area contributed by atoms with Crippen molar-refractivity contribution in [3.05, 3.63) is 71.9 Å². The van der Waals surface area contributed by atoms with E-state index in [0.717, 1.165) is 24.3 Å². The average molecular weight is 366 g/mol. The smallest absolute Gasteiger partial charge is 0.340 e. The quantitative estimate of drug-likeness (QED) is 0.619. The second kappa shape index (κ2) is 6.95. The molecule has 0 saturated heterocycles. The first-order valence-corrected chi connectivity index (χ1v) is 7.31. The number of nitrogens with zero attached hydrogens (tertiary/aromatic N) is 2. The van der Waals surface area contributed by atoms with Gasteiger partial charge in [0.1, 0.15) is 5.82 Å². The second-order valence-electron chi connectivity index (χ2n) is 5.22. The van der Waals surface area contributed by atoms with E-state index in [4.69, 9.17) is 0 Å². The molecule has 9 heteroatoms. The standard InChI is InChI=1S/C17H11F5N4/c18-13-6-5-12(9-14(13)19)24-15-7-8-23-16(26-15)25-11-3-1-10(2-4-11)17(20,21)22/h1-9H,(H2,23,24,25,26). The normalized spacial score (nSPS) is 11.3. The summed E-state index contributed by atoms with van der Waals surface area (Å²) in [6.07, 6.45) is -3.01. The molecule has 2 aromatic carbocycles. The Morgan fingerprint density at radius 3 is 2.12 bits per heavy atom. The Morgan fingerprint density at radius 2 is 1.46 bits per heavy atom. The van der Waals surface area contributed by atoms with E-state index < -0.39 is 23.4 Å². The van der Waals surface area contributed by atoms with Gasteiger partial charge in [-0.3, -0.25) is 0 Å². The van der Waals surface area contributed by atoms with E-state index in [1.807, 2.05) is 0 Å². The molecule has 0 aliphatic rings. The Morgan fingerprint density at radius 1 is 0.769 bits per heavy atom. The summed E-state index contributed by atoms with van der Waals surface area (Å²) in [7, 11) is 0. The molecule has 4 nitrogen and oxygen atoms in total. The third-order valence-corrected chi connectivity index (χ3v) is 3.32. The molecule has 134 valence electrons. The maximum absolute atomic E-state index is 13.2. The number of rotatable bonds is 4. The molecule has 0 fully saturated rings. The average Bonchev–Trinajstić information content (AvgIpc) is 2.58. The summed E-state index contributed by atoms with van der Waals surface area (Å²) >= 11 is 0. The fraction of sp³-hybridized carbons (Fsp3) is 0.0588. The molecule has 1 heterocycles. The van der Waals surface area contributed by atoms with Gasteiger partial charge in [-0.1, -0.05) is 0 Å². The lowest BCUT2D eigenvalue weighted by molar-refractivity contribution is -0.137. The number of hydrogen-bond acceptors (Lipinski definition) is 4. The van der Waals surface area contributed by atoms with Gasteiger partial charge >= 0.3 is 6.18 Å². The van der Waals surface area contributed by atoms with Crippen molar-refractivity contribution in [1.29, 1.82) is 0 Å². The van der Waals surface area contributed by atoms with Crippen molar-refractivity contribution in [2.45, 2.75) is 6.18 Å². The van der Waals surface area contributed by atoms with Crippen LogP contribution in [0.15, 0.2) is 54.7 Å². The predicted octanol–water partition coefficient (Wildman–Crippen LogP) is 5.26. The molecule has 3 rings (SSSR count). The second-order valence-corrected chi connectivity index (χ2v) is 5.22. The van der Waals surface area contributed by atoms with Crippen LogP contribution in [0.2, 0.25) is 0 Å². The van der Waals surface area contributed by atoms with Crippen molar-refractivity contribution >= 4 is 23.1 Å². The molecule has 26 heavy (non-hydrogen) atoms. The molecule has 0 unspecified atom stereocenters. The number of alkyl halides is 3. The highest BCUT2D eigenvalue weighted by molar-refractivity contribution is 5.59. The van der Waals surface area contributed by atoms with Gasteiger partial charge < -0.3 is 10.6 Å². The topological polar surface area (TPSA) is 49.8 Å². The highest BCUT2D eigenvalue weighted by Gasteiger charge is 2.29. The van der Waals surface area contributed by atoms with Crippen molar-refractivity contribution in [1.82, 2.24) is 9.97 Å². The van der Waals surface area contributed by atoms with Crippen LogP contribution in [0.3, 0.4) is 0 Å². The van der Waals surface area contributed by atoms with Gasteiger partial charge in [0.05, 0.1) is 5.56 Å². The molecule has 0 aliphatic heterocycles. The number of benzene rings is 2. The molecule has 1 aromatic heterocycles. The van der Waals surface area contributed by atoms with Crippen LogP contribution in [0.5, 0.6) is 0 Å². The molecule has 0 radical (unpaired) electrons. The third kappa shape index (κ3) is 4.24. The molecule has 3 aromatic rings. The molecule has 0 saturated carbocycles. The predicted molar refractivity (Wildman–Crippen MR) is 86.4 cm³/mol. The SMILES string of the molecule is Fc1ccc(Nc2ccnc(Nc3ccc(C(F)(F)F)cc3)n2)cc1F. The fourth-order valence-corrected chi connectivity index (χ4v) is 2.08. The fourth-order valence-electron chi connectivity index (χ4n) is 2.08. The molecule has 2 N–H and O–H groups in total. The minimum Gasteiger partial charge on any atom is -0.340 e. The van der Waals surface area contributed by atoms with Crippen LogP contribution in [0.4, 0.5) is 45.1 Å². The maximum Gasteiger partial charge on any atom is 0.416 e. The number of aromatic nitrogens is 2. The van der Waals surface area contributed by atoms with E-state index in [1.165, 1.54) is 30.5 Å². The maximum atomic E-state index is 13.2. The molecular weight excluding hydrogens is 355 g/mol. The van der Waals surface area contributed by atoms with Gasteiger partial charge in [0.15, 0.2) is 11.6 Å². The van der Waals surface area contributed by atoms with Gasteiger partial charge in [0, 0.05) is 23.6 Å². The molecule has 0 aliphatic carbocycles. The molecule has 0 bridgehead atoms. The summed E-state index contributed by atoms with van der Waals surface area (Å²) in [6.45, 7) is 0. The number of anilines is 4. The third-order valence-electron chi connectivity index (χ3n) is 3.32. The van der Waals surface area contributed by atoms with E-state index in [2.05, 4.69) is 20.6 Å². The summed E-state index contributed by atoms with van der Waals surface area (Å²) in [4.78, 5) is 8.08. The summed E-state index contributed by atoms with van der Waals surface area (Å²) < 4.78 is 63.8. The van der Waals surface area contributed by atoms with Crippen molar-refractivity contribution in [3.63, 3.8) is 0 Å². The minimum atomic E-state index is -4.41. The largest absolute Gasteiger partial charge is 0.416 e. The van der Waals surface area contributed by atoms with Crippen molar-refractivity contribution in [2.75, 3.05) is 10.6 Å². The highest BCUT2D eigenvalue weighted by atomic mass is 19.4. The zero-order valence-corrected chi connectivity index (χ0v) is 13.0. The van der Waals surface area contributed by atoms with Crippen LogP contribution in [-0.4, -0.2) is 9.97 Å². The van der Waals surface area contributed by atoms with Gasteiger partial charge in [0.25, 0.3) is 0 Å². The van der Waals surface area contributed by atoms with E-state index in [9.17, 15) is 22.0 Å².